The van der Waals surface area contributed by atoms with Crippen LogP contribution in [0.1, 0.15) is 17.2 Å². The van der Waals surface area contributed by atoms with Crippen molar-refractivity contribution in [2.75, 3.05) is 5.32 Å². The Morgan fingerprint density at radius 1 is 0.905 bits per heavy atom. The second-order valence-electron chi connectivity index (χ2n) is 4.58. The molecule has 0 amide bonds. The number of hydrogen-bond donors (Lipinski definition) is 2. The molecule has 0 radical (unpaired) electrons. The second kappa shape index (κ2) is 6.00. The molecule has 1 heterocycles. The van der Waals surface area contributed by atoms with Crippen molar-refractivity contribution in [1.82, 2.24) is 15.2 Å². The van der Waals surface area contributed by atoms with E-state index >= 15 is 0 Å². The maximum atomic E-state index is 11.3. The maximum Gasteiger partial charge on any atom is 0.271 e. The SMILES string of the molecule is O=c1cnnc(NC(c2ccccc2)c2ccccc2)[nH]1. The van der Waals surface area contributed by atoms with Gasteiger partial charge in [0.15, 0.2) is 0 Å². The summed E-state index contributed by atoms with van der Waals surface area (Å²) in [4.78, 5) is 14.0. The van der Waals surface area contributed by atoms with Gasteiger partial charge in [0.25, 0.3) is 5.56 Å². The van der Waals surface area contributed by atoms with Crippen molar-refractivity contribution < 1.29 is 0 Å². The zero-order valence-corrected chi connectivity index (χ0v) is 11.2. The predicted octanol–water partition coefficient (Wildman–Crippen LogP) is 2.37. The van der Waals surface area contributed by atoms with Crippen LogP contribution in [0.4, 0.5) is 5.95 Å². The molecule has 0 spiro atoms. The van der Waals surface area contributed by atoms with E-state index in [-0.39, 0.29) is 11.6 Å². The highest BCUT2D eigenvalue weighted by Crippen LogP contribution is 2.24. The lowest BCUT2D eigenvalue weighted by Crippen LogP contribution is -2.18. The Kier molecular flexibility index (Phi) is 3.73. The van der Waals surface area contributed by atoms with Gasteiger partial charge in [-0.05, 0) is 11.1 Å². The summed E-state index contributed by atoms with van der Waals surface area (Å²) in [5.41, 5.74) is 1.87. The molecule has 0 bridgehead atoms. The molecule has 2 N–H and O–H groups in total. The van der Waals surface area contributed by atoms with Crippen LogP contribution in [0.25, 0.3) is 0 Å². The van der Waals surface area contributed by atoms with E-state index in [4.69, 9.17) is 0 Å². The fourth-order valence-corrected chi connectivity index (χ4v) is 2.16. The molecule has 5 heteroatoms. The second-order valence-corrected chi connectivity index (χ2v) is 4.58. The maximum absolute atomic E-state index is 11.3. The quantitative estimate of drug-likeness (QED) is 0.768. The van der Waals surface area contributed by atoms with Crippen molar-refractivity contribution in [3.05, 3.63) is 88.3 Å². The molecule has 0 aliphatic heterocycles. The minimum absolute atomic E-state index is 0.111. The molecule has 0 saturated heterocycles. The first-order valence-corrected chi connectivity index (χ1v) is 6.61. The van der Waals surface area contributed by atoms with Gasteiger partial charge in [-0.3, -0.25) is 9.78 Å². The highest BCUT2D eigenvalue weighted by Gasteiger charge is 2.14. The van der Waals surface area contributed by atoms with E-state index in [1.54, 1.807) is 0 Å². The largest absolute Gasteiger partial charge is 0.344 e. The minimum atomic E-state index is -0.285. The van der Waals surface area contributed by atoms with Gasteiger partial charge < -0.3 is 5.32 Å². The van der Waals surface area contributed by atoms with E-state index < -0.39 is 0 Å². The zero-order chi connectivity index (χ0) is 14.5. The van der Waals surface area contributed by atoms with Crippen molar-refractivity contribution in [2.45, 2.75) is 6.04 Å². The molecule has 3 aromatic rings. The summed E-state index contributed by atoms with van der Waals surface area (Å²) in [5, 5.41) is 10.8. The number of rotatable bonds is 4. The Morgan fingerprint density at radius 3 is 2.00 bits per heavy atom. The monoisotopic (exact) mass is 278 g/mol. The van der Waals surface area contributed by atoms with Crippen LogP contribution in [-0.4, -0.2) is 15.2 Å². The van der Waals surface area contributed by atoms with Crippen molar-refractivity contribution in [3.63, 3.8) is 0 Å². The lowest BCUT2D eigenvalue weighted by molar-refractivity contribution is 0.865. The summed E-state index contributed by atoms with van der Waals surface area (Å²) in [7, 11) is 0. The molecule has 21 heavy (non-hydrogen) atoms. The van der Waals surface area contributed by atoms with E-state index in [2.05, 4.69) is 20.5 Å². The van der Waals surface area contributed by atoms with Crippen molar-refractivity contribution in [2.24, 2.45) is 0 Å². The first-order valence-electron chi connectivity index (χ1n) is 6.61. The molecular weight excluding hydrogens is 264 g/mol. The lowest BCUT2D eigenvalue weighted by Gasteiger charge is -2.19. The summed E-state index contributed by atoms with van der Waals surface area (Å²) < 4.78 is 0. The Morgan fingerprint density at radius 2 is 1.48 bits per heavy atom. The van der Waals surface area contributed by atoms with Crippen LogP contribution in [0, 0.1) is 0 Å². The predicted molar refractivity (Wildman–Crippen MR) is 81.0 cm³/mol. The third-order valence-electron chi connectivity index (χ3n) is 3.12. The van der Waals surface area contributed by atoms with E-state index in [0.29, 0.717) is 5.95 Å². The summed E-state index contributed by atoms with van der Waals surface area (Å²) in [6.07, 6.45) is 1.14. The van der Waals surface area contributed by atoms with Gasteiger partial charge in [-0.15, -0.1) is 10.2 Å². The highest BCUT2D eigenvalue weighted by molar-refractivity contribution is 5.40. The third-order valence-corrected chi connectivity index (χ3v) is 3.12. The molecule has 3 rings (SSSR count). The van der Waals surface area contributed by atoms with Gasteiger partial charge in [0.1, 0.15) is 6.20 Å². The van der Waals surface area contributed by atoms with Crippen LogP contribution in [0.2, 0.25) is 0 Å². The fraction of sp³-hybridized carbons (Fsp3) is 0.0625. The molecule has 0 saturated carbocycles. The first-order chi connectivity index (χ1) is 10.3. The van der Waals surface area contributed by atoms with E-state index in [1.807, 2.05) is 60.7 Å². The molecule has 2 aromatic carbocycles. The van der Waals surface area contributed by atoms with Gasteiger partial charge in [0, 0.05) is 0 Å². The normalized spacial score (nSPS) is 10.5. The standard InChI is InChI=1S/C16H14N4O/c21-14-11-17-20-16(18-14)19-15(12-7-3-1-4-8-12)13-9-5-2-6-10-13/h1-11,15H,(H2,18,19,20,21). The number of nitrogens with one attached hydrogen (secondary N) is 2. The molecule has 0 unspecified atom stereocenters. The molecule has 0 aliphatic carbocycles. The van der Waals surface area contributed by atoms with Gasteiger partial charge >= 0.3 is 0 Å². The third kappa shape index (κ3) is 3.14. The average molecular weight is 278 g/mol. The molecule has 0 aliphatic rings. The minimum Gasteiger partial charge on any atom is -0.344 e. The van der Waals surface area contributed by atoms with Gasteiger partial charge in [-0.1, -0.05) is 60.7 Å². The first kappa shape index (κ1) is 13.1. The van der Waals surface area contributed by atoms with Crippen molar-refractivity contribution in [3.8, 4) is 0 Å². The Labute approximate surface area is 121 Å². The van der Waals surface area contributed by atoms with E-state index in [1.165, 1.54) is 0 Å². The Hall–Kier alpha value is -2.95. The molecule has 1 aromatic heterocycles. The summed E-state index contributed by atoms with van der Waals surface area (Å²) >= 11 is 0. The van der Waals surface area contributed by atoms with E-state index in [0.717, 1.165) is 17.3 Å². The van der Waals surface area contributed by atoms with Gasteiger partial charge in [-0.2, -0.15) is 0 Å². The molecule has 0 fully saturated rings. The smallest absolute Gasteiger partial charge is 0.271 e. The van der Waals surface area contributed by atoms with Crippen molar-refractivity contribution in [1.29, 1.82) is 0 Å². The molecular formula is C16H14N4O. The number of hydrogen-bond acceptors (Lipinski definition) is 4. The summed E-state index contributed by atoms with van der Waals surface area (Å²) in [5.74, 6) is 0.347. The zero-order valence-electron chi connectivity index (χ0n) is 11.2. The van der Waals surface area contributed by atoms with Gasteiger partial charge in [0.2, 0.25) is 5.95 Å². The van der Waals surface area contributed by atoms with Crippen LogP contribution in [0.5, 0.6) is 0 Å². The number of H-pyrrole nitrogens is 1. The summed E-state index contributed by atoms with van der Waals surface area (Å²) in [6.45, 7) is 0. The van der Waals surface area contributed by atoms with Crippen LogP contribution in [0.3, 0.4) is 0 Å². The van der Waals surface area contributed by atoms with Gasteiger partial charge in [0.05, 0.1) is 6.04 Å². The van der Waals surface area contributed by atoms with Crippen LogP contribution in [0.15, 0.2) is 71.7 Å². The fourth-order valence-electron chi connectivity index (χ4n) is 2.16. The average Bonchev–Trinajstić information content (AvgIpc) is 2.54. The van der Waals surface area contributed by atoms with Crippen LogP contribution in [-0.2, 0) is 0 Å². The molecule has 0 atom stereocenters. The lowest BCUT2D eigenvalue weighted by atomic mass is 9.99. The van der Waals surface area contributed by atoms with Crippen LogP contribution < -0.4 is 10.9 Å². The molecule has 104 valence electrons. The number of anilines is 1. The van der Waals surface area contributed by atoms with Crippen LogP contribution >= 0.6 is 0 Å². The summed E-state index contributed by atoms with van der Waals surface area (Å²) in [6, 6.07) is 19.8. The Balaban J connectivity index is 1.99. The number of aromatic amines is 1. The number of benzene rings is 2. The van der Waals surface area contributed by atoms with Gasteiger partial charge in [-0.25, -0.2) is 0 Å². The van der Waals surface area contributed by atoms with E-state index in [9.17, 15) is 4.79 Å². The Bertz CT molecular complexity index is 716. The van der Waals surface area contributed by atoms with Crippen molar-refractivity contribution >= 4 is 5.95 Å². The topological polar surface area (TPSA) is 70.7 Å². The highest BCUT2D eigenvalue weighted by atomic mass is 16.1. The number of nitrogens with zero attached hydrogens (tertiary/aromatic N) is 2. The molecule has 5 nitrogen and oxygen atoms in total. The number of aromatic nitrogens is 3.